The molecule has 0 aliphatic carbocycles. The number of benzene rings is 3. The molecular formula is C23H18N2O4S. The highest BCUT2D eigenvalue weighted by molar-refractivity contribution is 7.16. The van der Waals surface area contributed by atoms with Gasteiger partial charge in [0.25, 0.3) is 5.91 Å². The number of rotatable bonds is 4. The number of carbonyl (C=O) groups excluding carboxylic acids is 2. The molecular weight excluding hydrogens is 400 g/mol. The molecule has 0 fully saturated rings. The minimum Gasteiger partial charge on any atom is -0.465 e. The Morgan fingerprint density at radius 2 is 1.57 bits per heavy atom. The molecule has 0 saturated heterocycles. The van der Waals surface area contributed by atoms with E-state index in [1.165, 1.54) is 18.4 Å². The summed E-state index contributed by atoms with van der Waals surface area (Å²) >= 11 is 1.34. The highest BCUT2D eigenvalue weighted by atomic mass is 32.1. The Kier molecular flexibility index (Phi) is 5.45. The normalized spacial score (nSPS) is 11.5. The Bertz CT molecular complexity index is 1290. The van der Waals surface area contributed by atoms with Gasteiger partial charge in [0.05, 0.1) is 22.9 Å². The molecule has 6 nitrogen and oxygen atoms in total. The summed E-state index contributed by atoms with van der Waals surface area (Å²) in [6, 6.07) is 21.5. The number of methoxy groups -OCH3 is 1. The van der Waals surface area contributed by atoms with Crippen molar-refractivity contribution < 1.29 is 19.1 Å². The van der Waals surface area contributed by atoms with Crippen LogP contribution >= 0.6 is 11.3 Å². The van der Waals surface area contributed by atoms with Crippen LogP contribution in [0.5, 0.6) is 11.5 Å². The summed E-state index contributed by atoms with van der Waals surface area (Å²) in [5.41, 5.74) is 1.80. The fourth-order valence-electron chi connectivity index (χ4n) is 2.93. The Morgan fingerprint density at radius 1 is 0.900 bits per heavy atom. The Balaban J connectivity index is 1.59. The van der Waals surface area contributed by atoms with Crippen molar-refractivity contribution >= 4 is 33.4 Å². The average molecular weight is 418 g/mol. The van der Waals surface area contributed by atoms with Gasteiger partial charge in [0.1, 0.15) is 11.5 Å². The van der Waals surface area contributed by atoms with Gasteiger partial charge in [-0.05, 0) is 54.6 Å². The molecule has 4 aromatic rings. The molecule has 0 aliphatic heterocycles. The first kappa shape index (κ1) is 19.6. The topological polar surface area (TPSA) is 69.9 Å². The Hall–Kier alpha value is -3.71. The molecule has 0 aliphatic rings. The van der Waals surface area contributed by atoms with E-state index in [2.05, 4.69) is 4.99 Å². The maximum Gasteiger partial charge on any atom is 0.337 e. The summed E-state index contributed by atoms with van der Waals surface area (Å²) in [6.07, 6.45) is 0. The molecule has 7 heteroatoms. The number of hydrogen-bond donors (Lipinski definition) is 0. The van der Waals surface area contributed by atoms with Crippen molar-refractivity contribution in [1.29, 1.82) is 0 Å². The second-order valence-corrected chi connectivity index (χ2v) is 7.48. The number of amides is 1. The first-order valence-corrected chi connectivity index (χ1v) is 9.97. The van der Waals surface area contributed by atoms with Crippen molar-refractivity contribution in [3.05, 3.63) is 88.7 Å². The van der Waals surface area contributed by atoms with Crippen LogP contribution in [-0.2, 0) is 11.8 Å². The zero-order chi connectivity index (χ0) is 21.1. The van der Waals surface area contributed by atoms with E-state index in [-0.39, 0.29) is 5.91 Å². The maximum atomic E-state index is 12.6. The summed E-state index contributed by atoms with van der Waals surface area (Å²) in [5.74, 6) is 0.613. The van der Waals surface area contributed by atoms with Crippen LogP contribution in [0.4, 0.5) is 0 Å². The van der Waals surface area contributed by atoms with E-state index < -0.39 is 5.97 Å². The van der Waals surface area contributed by atoms with Gasteiger partial charge in [-0.15, -0.1) is 0 Å². The zero-order valence-electron chi connectivity index (χ0n) is 16.4. The third-order valence-corrected chi connectivity index (χ3v) is 5.60. The SMILES string of the molecule is COC(=O)c1ccc2c(c1)sc(=NC(=O)c1ccc(Oc3ccccc3)cc1)n2C. The summed E-state index contributed by atoms with van der Waals surface area (Å²) < 4.78 is 13.2. The zero-order valence-corrected chi connectivity index (χ0v) is 17.2. The van der Waals surface area contributed by atoms with Crippen molar-refractivity contribution in [2.24, 2.45) is 12.0 Å². The molecule has 0 N–H and O–H groups in total. The van der Waals surface area contributed by atoms with Gasteiger partial charge < -0.3 is 14.0 Å². The molecule has 0 atom stereocenters. The van der Waals surface area contributed by atoms with Gasteiger partial charge >= 0.3 is 5.97 Å². The third kappa shape index (κ3) is 4.01. The number of esters is 1. The molecule has 0 saturated carbocycles. The highest BCUT2D eigenvalue weighted by Crippen LogP contribution is 2.22. The standard InChI is InChI=1S/C23H18N2O4S/c1-25-19-13-10-16(22(27)28-2)14-20(19)30-23(25)24-21(26)15-8-11-18(12-9-15)29-17-6-4-3-5-7-17/h3-14H,1-2H3. The van der Waals surface area contributed by atoms with E-state index in [4.69, 9.17) is 9.47 Å². The number of thiazole rings is 1. The lowest BCUT2D eigenvalue weighted by molar-refractivity contribution is 0.0600. The minimum atomic E-state index is -0.402. The van der Waals surface area contributed by atoms with Crippen LogP contribution in [0.15, 0.2) is 77.8 Å². The first-order valence-electron chi connectivity index (χ1n) is 9.15. The van der Waals surface area contributed by atoms with Crippen molar-refractivity contribution in [1.82, 2.24) is 4.57 Å². The molecule has 1 aromatic heterocycles. The lowest BCUT2D eigenvalue weighted by Gasteiger charge is -2.05. The van der Waals surface area contributed by atoms with Gasteiger partial charge in [0.2, 0.25) is 0 Å². The van der Waals surface area contributed by atoms with Crippen LogP contribution in [0, 0.1) is 0 Å². The number of para-hydroxylation sites is 1. The summed E-state index contributed by atoms with van der Waals surface area (Å²) in [7, 11) is 3.18. The molecule has 4 rings (SSSR count). The fourth-order valence-corrected chi connectivity index (χ4v) is 3.98. The van der Waals surface area contributed by atoms with Crippen LogP contribution in [0.2, 0.25) is 0 Å². The van der Waals surface area contributed by atoms with Crippen LogP contribution in [0.25, 0.3) is 10.2 Å². The monoisotopic (exact) mass is 418 g/mol. The number of aromatic nitrogens is 1. The summed E-state index contributed by atoms with van der Waals surface area (Å²) in [4.78, 5) is 29.2. The Morgan fingerprint density at radius 3 is 2.27 bits per heavy atom. The van der Waals surface area contributed by atoms with Crippen molar-refractivity contribution in [3.63, 3.8) is 0 Å². The van der Waals surface area contributed by atoms with E-state index in [9.17, 15) is 9.59 Å². The van der Waals surface area contributed by atoms with E-state index in [0.29, 0.717) is 21.7 Å². The molecule has 30 heavy (non-hydrogen) atoms. The number of nitrogens with zero attached hydrogens (tertiary/aromatic N) is 2. The largest absolute Gasteiger partial charge is 0.465 e. The van der Waals surface area contributed by atoms with Crippen LogP contribution in [-0.4, -0.2) is 23.6 Å². The van der Waals surface area contributed by atoms with Gasteiger partial charge in [-0.1, -0.05) is 29.5 Å². The molecule has 0 spiro atoms. The molecule has 3 aromatic carbocycles. The lowest BCUT2D eigenvalue weighted by atomic mass is 10.2. The van der Waals surface area contributed by atoms with Crippen molar-refractivity contribution in [3.8, 4) is 11.5 Å². The van der Waals surface area contributed by atoms with Crippen LogP contribution in [0.1, 0.15) is 20.7 Å². The second-order valence-electron chi connectivity index (χ2n) is 6.47. The molecule has 0 radical (unpaired) electrons. The summed E-state index contributed by atoms with van der Waals surface area (Å²) in [6.45, 7) is 0. The van der Waals surface area contributed by atoms with Gasteiger partial charge in [0, 0.05) is 12.6 Å². The third-order valence-electron chi connectivity index (χ3n) is 4.51. The van der Waals surface area contributed by atoms with E-state index in [0.717, 1.165) is 16.0 Å². The highest BCUT2D eigenvalue weighted by Gasteiger charge is 2.11. The number of aryl methyl sites for hydroxylation is 1. The smallest absolute Gasteiger partial charge is 0.337 e. The quantitative estimate of drug-likeness (QED) is 0.456. The summed E-state index contributed by atoms with van der Waals surface area (Å²) in [5, 5.41) is 0. The second kappa shape index (κ2) is 8.34. The average Bonchev–Trinajstić information content (AvgIpc) is 3.09. The predicted molar refractivity (Wildman–Crippen MR) is 115 cm³/mol. The molecule has 1 amide bonds. The fraction of sp³-hybridized carbons (Fsp3) is 0.0870. The van der Waals surface area contributed by atoms with E-state index in [1.54, 1.807) is 36.4 Å². The molecule has 0 unspecified atom stereocenters. The first-order chi connectivity index (χ1) is 14.5. The number of carbonyl (C=O) groups is 2. The molecule has 1 heterocycles. The van der Waals surface area contributed by atoms with E-state index in [1.807, 2.05) is 48.0 Å². The van der Waals surface area contributed by atoms with E-state index >= 15 is 0 Å². The number of hydrogen-bond acceptors (Lipinski definition) is 5. The predicted octanol–water partition coefficient (Wildman–Crippen LogP) is 4.56. The number of fused-ring (bicyclic) bond motifs is 1. The Labute approximate surface area is 176 Å². The van der Waals surface area contributed by atoms with Crippen LogP contribution < -0.4 is 9.54 Å². The van der Waals surface area contributed by atoms with Crippen LogP contribution in [0.3, 0.4) is 0 Å². The van der Waals surface area contributed by atoms with Gasteiger partial charge in [-0.25, -0.2) is 4.79 Å². The van der Waals surface area contributed by atoms with Gasteiger partial charge in [0.15, 0.2) is 4.80 Å². The molecule has 150 valence electrons. The van der Waals surface area contributed by atoms with Crippen molar-refractivity contribution in [2.75, 3.05) is 7.11 Å². The lowest BCUT2D eigenvalue weighted by Crippen LogP contribution is -2.13. The molecule has 0 bridgehead atoms. The van der Waals surface area contributed by atoms with Gasteiger partial charge in [-0.2, -0.15) is 4.99 Å². The van der Waals surface area contributed by atoms with Crippen molar-refractivity contribution in [2.45, 2.75) is 0 Å². The minimum absolute atomic E-state index is 0.350. The number of ether oxygens (including phenoxy) is 2. The maximum absolute atomic E-state index is 12.6. The van der Waals surface area contributed by atoms with Gasteiger partial charge in [-0.3, -0.25) is 4.79 Å².